The van der Waals surface area contributed by atoms with E-state index in [0.717, 1.165) is 17.6 Å². The van der Waals surface area contributed by atoms with E-state index in [0.29, 0.717) is 0 Å². The van der Waals surface area contributed by atoms with Gasteiger partial charge in [-0.15, -0.1) is 5.10 Å². The van der Waals surface area contributed by atoms with E-state index < -0.39 is 12.7 Å². The van der Waals surface area contributed by atoms with Crippen LogP contribution in [0.3, 0.4) is 0 Å². The van der Waals surface area contributed by atoms with Crippen LogP contribution in [0.15, 0.2) is 0 Å². The molecule has 0 amide bonds. The topological polar surface area (TPSA) is 55.6 Å². The van der Waals surface area contributed by atoms with Gasteiger partial charge in [0.25, 0.3) is 0 Å². The first-order valence-corrected chi connectivity index (χ1v) is 4.55. The summed E-state index contributed by atoms with van der Waals surface area (Å²) in [6, 6.07) is 0. The third-order valence-electron chi connectivity index (χ3n) is 1.65. The normalized spacial score (nSPS) is 12.0. The van der Waals surface area contributed by atoms with Crippen molar-refractivity contribution in [2.24, 2.45) is 0 Å². The molecule has 1 rings (SSSR count). The van der Waals surface area contributed by atoms with Crippen LogP contribution in [0.2, 0.25) is 0 Å². The van der Waals surface area contributed by atoms with Gasteiger partial charge in [0.2, 0.25) is 0 Å². The zero-order valence-corrected chi connectivity index (χ0v) is 8.25. The summed E-state index contributed by atoms with van der Waals surface area (Å²) in [6.45, 7) is 1.78. The monoisotopic (exact) mass is 223 g/mol. The summed E-state index contributed by atoms with van der Waals surface area (Å²) in [6.07, 6.45) is -3.39. The molecule has 0 radical (unpaired) electrons. The van der Waals surface area contributed by atoms with E-state index in [2.05, 4.69) is 20.8 Å². The number of hydrogen-bond donors (Lipinski definition) is 1. The van der Waals surface area contributed by atoms with Crippen molar-refractivity contribution in [1.29, 1.82) is 0 Å². The molecule has 1 heterocycles. The molecular weight excluding hydrogens is 211 g/mol. The fourth-order valence-corrected chi connectivity index (χ4v) is 1.02. The lowest BCUT2D eigenvalue weighted by atomic mass is 10.4. The standard InChI is InChI=1S/C7H12F3N5/c1-2-3-11-4-6-12-13-14-15(6)5-7(8,9)10/h11H,2-5H2,1H3. The van der Waals surface area contributed by atoms with Crippen molar-refractivity contribution in [2.45, 2.75) is 32.6 Å². The van der Waals surface area contributed by atoms with E-state index in [9.17, 15) is 13.2 Å². The minimum atomic E-state index is -4.30. The summed E-state index contributed by atoms with van der Waals surface area (Å²) < 4.78 is 36.9. The summed E-state index contributed by atoms with van der Waals surface area (Å²) in [5.41, 5.74) is 0. The third kappa shape index (κ3) is 4.24. The molecule has 0 atom stereocenters. The van der Waals surface area contributed by atoms with Gasteiger partial charge < -0.3 is 5.32 Å². The fraction of sp³-hybridized carbons (Fsp3) is 0.857. The smallest absolute Gasteiger partial charge is 0.310 e. The van der Waals surface area contributed by atoms with Crippen LogP contribution in [-0.2, 0) is 13.1 Å². The van der Waals surface area contributed by atoms with Gasteiger partial charge in [-0.25, -0.2) is 4.68 Å². The van der Waals surface area contributed by atoms with Gasteiger partial charge in [0, 0.05) is 0 Å². The van der Waals surface area contributed by atoms with Crippen LogP contribution in [0.5, 0.6) is 0 Å². The second kappa shape index (κ2) is 5.06. The lowest BCUT2D eigenvalue weighted by Gasteiger charge is -2.07. The first kappa shape index (κ1) is 11.9. The molecule has 86 valence electrons. The van der Waals surface area contributed by atoms with Crippen molar-refractivity contribution in [2.75, 3.05) is 6.54 Å². The van der Waals surface area contributed by atoms with Crippen LogP contribution in [-0.4, -0.2) is 32.9 Å². The molecule has 0 aliphatic rings. The number of rotatable bonds is 5. The molecule has 1 aromatic heterocycles. The van der Waals surface area contributed by atoms with E-state index in [1.54, 1.807) is 0 Å². The van der Waals surface area contributed by atoms with E-state index >= 15 is 0 Å². The molecule has 0 spiro atoms. The highest BCUT2D eigenvalue weighted by Crippen LogP contribution is 2.16. The Morgan fingerprint density at radius 1 is 1.40 bits per heavy atom. The van der Waals surface area contributed by atoms with Crippen molar-refractivity contribution in [3.05, 3.63) is 5.82 Å². The minimum absolute atomic E-state index is 0.195. The zero-order valence-electron chi connectivity index (χ0n) is 8.25. The zero-order chi connectivity index (χ0) is 11.3. The molecular formula is C7H12F3N5. The highest BCUT2D eigenvalue weighted by molar-refractivity contribution is 4.80. The predicted octanol–water partition coefficient (Wildman–Crippen LogP) is 0.735. The van der Waals surface area contributed by atoms with Crippen LogP contribution in [0, 0.1) is 0 Å². The molecule has 1 N–H and O–H groups in total. The average molecular weight is 223 g/mol. The van der Waals surface area contributed by atoms with Crippen molar-refractivity contribution in [3.8, 4) is 0 Å². The number of tetrazole rings is 1. The Morgan fingerprint density at radius 2 is 2.13 bits per heavy atom. The number of hydrogen-bond acceptors (Lipinski definition) is 4. The maximum Gasteiger partial charge on any atom is 0.408 e. The molecule has 0 aliphatic heterocycles. The van der Waals surface area contributed by atoms with Crippen molar-refractivity contribution in [1.82, 2.24) is 25.5 Å². The van der Waals surface area contributed by atoms with Crippen LogP contribution >= 0.6 is 0 Å². The second-order valence-electron chi connectivity index (χ2n) is 3.04. The Kier molecular flexibility index (Phi) is 4.01. The summed E-state index contributed by atoms with van der Waals surface area (Å²) in [4.78, 5) is 0. The van der Waals surface area contributed by atoms with Gasteiger partial charge in [-0.2, -0.15) is 13.2 Å². The largest absolute Gasteiger partial charge is 0.408 e. The SMILES string of the molecule is CCCNCc1nnnn1CC(F)(F)F. The molecule has 0 saturated carbocycles. The lowest BCUT2D eigenvalue weighted by molar-refractivity contribution is -0.143. The molecule has 0 unspecified atom stereocenters. The van der Waals surface area contributed by atoms with Gasteiger partial charge in [0.05, 0.1) is 6.54 Å². The molecule has 0 saturated heterocycles. The summed E-state index contributed by atoms with van der Waals surface area (Å²) >= 11 is 0. The van der Waals surface area contributed by atoms with Gasteiger partial charge in [0.15, 0.2) is 5.82 Å². The number of aromatic nitrogens is 4. The highest BCUT2D eigenvalue weighted by atomic mass is 19.4. The number of nitrogens with zero attached hydrogens (tertiary/aromatic N) is 4. The molecule has 15 heavy (non-hydrogen) atoms. The lowest BCUT2D eigenvalue weighted by Crippen LogP contribution is -2.24. The first-order valence-electron chi connectivity index (χ1n) is 4.55. The average Bonchev–Trinajstić information content (AvgIpc) is 2.50. The summed E-state index contributed by atoms with van der Waals surface area (Å²) in [5, 5.41) is 12.9. The molecule has 0 aliphatic carbocycles. The number of nitrogens with one attached hydrogen (secondary N) is 1. The quantitative estimate of drug-likeness (QED) is 0.748. The Bertz CT molecular complexity index is 295. The van der Waals surface area contributed by atoms with Crippen LogP contribution in [0.1, 0.15) is 19.2 Å². The third-order valence-corrected chi connectivity index (χ3v) is 1.65. The summed E-state index contributed by atoms with van der Waals surface area (Å²) in [7, 11) is 0. The van der Waals surface area contributed by atoms with Gasteiger partial charge in [-0.05, 0) is 23.4 Å². The summed E-state index contributed by atoms with van der Waals surface area (Å²) in [5.74, 6) is 0.195. The second-order valence-corrected chi connectivity index (χ2v) is 3.04. The fourth-order valence-electron chi connectivity index (χ4n) is 1.02. The van der Waals surface area contributed by atoms with Gasteiger partial charge >= 0.3 is 6.18 Å². The number of halogens is 3. The van der Waals surface area contributed by atoms with E-state index in [1.807, 2.05) is 6.92 Å². The maximum absolute atomic E-state index is 12.1. The Hall–Kier alpha value is -1.18. The van der Waals surface area contributed by atoms with Crippen molar-refractivity contribution < 1.29 is 13.2 Å². The molecule has 5 nitrogen and oxygen atoms in total. The Morgan fingerprint density at radius 3 is 2.73 bits per heavy atom. The van der Waals surface area contributed by atoms with E-state index in [4.69, 9.17) is 0 Å². The highest BCUT2D eigenvalue weighted by Gasteiger charge is 2.29. The molecule has 0 bridgehead atoms. The van der Waals surface area contributed by atoms with Crippen molar-refractivity contribution in [3.63, 3.8) is 0 Å². The van der Waals surface area contributed by atoms with E-state index in [-0.39, 0.29) is 12.4 Å². The first-order chi connectivity index (χ1) is 7.03. The van der Waals surface area contributed by atoms with Gasteiger partial charge in [-0.3, -0.25) is 0 Å². The van der Waals surface area contributed by atoms with Crippen LogP contribution < -0.4 is 5.32 Å². The van der Waals surface area contributed by atoms with Gasteiger partial charge in [-0.1, -0.05) is 6.92 Å². The van der Waals surface area contributed by atoms with Gasteiger partial charge in [0.1, 0.15) is 6.54 Å². The Balaban J connectivity index is 2.53. The maximum atomic E-state index is 12.1. The van der Waals surface area contributed by atoms with Crippen LogP contribution in [0.4, 0.5) is 13.2 Å². The predicted molar refractivity (Wildman–Crippen MR) is 45.9 cm³/mol. The molecule has 8 heteroatoms. The Labute approximate surface area is 84.7 Å². The van der Waals surface area contributed by atoms with E-state index in [1.165, 1.54) is 0 Å². The molecule has 0 fully saturated rings. The molecule has 1 aromatic rings. The van der Waals surface area contributed by atoms with Crippen molar-refractivity contribution >= 4 is 0 Å². The number of alkyl halides is 3. The minimum Gasteiger partial charge on any atom is -0.310 e. The molecule has 0 aromatic carbocycles. The van der Waals surface area contributed by atoms with Crippen LogP contribution in [0.25, 0.3) is 0 Å².